The predicted molar refractivity (Wildman–Crippen MR) is 93.8 cm³/mol. The molecule has 3 aromatic rings. The van der Waals surface area contributed by atoms with Crippen molar-refractivity contribution in [2.24, 2.45) is 0 Å². The highest BCUT2D eigenvalue weighted by Crippen LogP contribution is 2.23. The van der Waals surface area contributed by atoms with Crippen LogP contribution in [0.4, 0.5) is 0 Å². The number of hydrogen-bond donors (Lipinski definition) is 1. The summed E-state index contributed by atoms with van der Waals surface area (Å²) in [6.45, 7) is 0.651. The van der Waals surface area contributed by atoms with Crippen molar-refractivity contribution < 1.29 is 5.11 Å². The lowest BCUT2D eigenvalue weighted by molar-refractivity contribution is 0.178. The van der Waals surface area contributed by atoms with E-state index in [0.29, 0.717) is 18.6 Å². The highest BCUT2D eigenvalue weighted by atomic mass is 16.3. The summed E-state index contributed by atoms with van der Waals surface area (Å²) in [7, 11) is 1.99. The first-order chi connectivity index (χ1) is 11.7. The Bertz CT molecular complexity index is 861. The highest BCUT2D eigenvalue weighted by Gasteiger charge is 2.17. The molecule has 0 fully saturated rings. The molecule has 5 heteroatoms. The summed E-state index contributed by atoms with van der Waals surface area (Å²) in [5.74, 6) is 0. The van der Waals surface area contributed by atoms with E-state index in [4.69, 9.17) is 0 Å². The zero-order valence-electron chi connectivity index (χ0n) is 13.7. The summed E-state index contributed by atoms with van der Waals surface area (Å²) >= 11 is 0. The molecule has 2 heterocycles. The molecule has 3 rings (SSSR count). The van der Waals surface area contributed by atoms with Crippen LogP contribution < -0.4 is 5.56 Å². The SMILES string of the molecule is CN(Cc1cc(=O)n2ccccc2n1)C(CCO)c1ccccc1. The van der Waals surface area contributed by atoms with Crippen LogP contribution in [0.2, 0.25) is 0 Å². The predicted octanol–water partition coefficient (Wildman–Crippen LogP) is 2.25. The third kappa shape index (κ3) is 3.53. The van der Waals surface area contributed by atoms with Gasteiger partial charge in [-0.05, 0) is 31.2 Å². The molecule has 0 spiro atoms. The number of pyridine rings is 1. The van der Waals surface area contributed by atoms with Gasteiger partial charge in [0.2, 0.25) is 0 Å². The number of nitrogens with zero attached hydrogens (tertiary/aromatic N) is 3. The lowest BCUT2D eigenvalue weighted by Crippen LogP contribution is -2.27. The average molecular weight is 323 g/mol. The van der Waals surface area contributed by atoms with Crippen molar-refractivity contribution in [3.05, 3.63) is 82.4 Å². The first-order valence-electron chi connectivity index (χ1n) is 8.02. The van der Waals surface area contributed by atoms with Gasteiger partial charge in [0.05, 0.1) is 5.69 Å². The summed E-state index contributed by atoms with van der Waals surface area (Å²) in [5.41, 5.74) is 2.44. The molecule has 0 saturated heterocycles. The van der Waals surface area contributed by atoms with E-state index >= 15 is 0 Å². The normalized spacial score (nSPS) is 12.6. The van der Waals surface area contributed by atoms with Gasteiger partial charge in [-0.1, -0.05) is 36.4 Å². The Morgan fingerprint density at radius 3 is 2.67 bits per heavy atom. The first kappa shape index (κ1) is 16.4. The van der Waals surface area contributed by atoms with Gasteiger partial charge < -0.3 is 5.11 Å². The Hall–Kier alpha value is -2.50. The van der Waals surface area contributed by atoms with Crippen molar-refractivity contribution in [2.45, 2.75) is 19.0 Å². The lowest BCUT2D eigenvalue weighted by Gasteiger charge is -2.27. The highest BCUT2D eigenvalue weighted by molar-refractivity contribution is 5.38. The molecule has 0 aliphatic carbocycles. The van der Waals surface area contributed by atoms with Gasteiger partial charge in [0.15, 0.2) is 0 Å². The molecule has 0 radical (unpaired) electrons. The molecule has 0 bridgehead atoms. The molecule has 0 saturated carbocycles. The second kappa shape index (κ2) is 7.38. The van der Waals surface area contributed by atoms with E-state index < -0.39 is 0 Å². The minimum Gasteiger partial charge on any atom is -0.396 e. The van der Waals surface area contributed by atoms with E-state index in [-0.39, 0.29) is 18.2 Å². The van der Waals surface area contributed by atoms with Crippen LogP contribution in [0.1, 0.15) is 23.7 Å². The number of hydrogen-bond acceptors (Lipinski definition) is 4. The Kier molecular flexibility index (Phi) is 5.03. The van der Waals surface area contributed by atoms with Crippen LogP contribution in [0.25, 0.3) is 5.65 Å². The fraction of sp³-hybridized carbons (Fsp3) is 0.263. The summed E-state index contributed by atoms with van der Waals surface area (Å²) in [5, 5.41) is 9.40. The molecule has 1 N–H and O–H groups in total. The van der Waals surface area contributed by atoms with Crippen molar-refractivity contribution in [1.82, 2.24) is 14.3 Å². The molecule has 0 aliphatic rings. The van der Waals surface area contributed by atoms with Crippen molar-refractivity contribution in [3.8, 4) is 0 Å². The molecule has 24 heavy (non-hydrogen) atoms. The van der Waals surface area contributed by atoms with Gasteiger partial charge >= 0.3 is 0 Å². The smallest absolute Gasteiger partial charge is 0.258 e. The Balaban J connectivity index is 1.87. The molecule has 0 amide bonds. The topological polar surface area (TPSA) is 57.8 Å². The summed E-state index contributed by atoms with van der Waals surface area (Å²) < 4.78 is 1.53. The zero-order chi connectivity index (χ0) is 16.9. The van der Waals surface area contributed by atoms with E-state index in [2.05, 4.69) is 22.0 Å². The Morgan fingerprint density at radius 1 is 1.17 bits per heavy atom. The Morgan fingerprint density at radius 2 is 1.92 bits per heavy atom. The quantitative estimate of drug-likeness (QED) is 0.756. The number of aliphatic hydroxyl groups is 1. The minimum absolute atomic E-state index is 0.0761. The standard InChI is InChI=1S/C19H21N3O2/c1-21(17(10-12-23)15-7-3-2-4-8-15)14-16-13-19(24)22-11-6-5-9-18(22)20-16/h2-9,11,13,17,23H,10,12,14H2,1H3. The first-order valence-corrected chi connectivity index (χ1v) is 8.02. The van der Waals surface area contributed by atoms with E-state index in [1.165, 1.54) is 4.40 Å². The third-order valence-corrected chi connectivity index (χ3v) is 4.15. The van der Waals surface area contributed by atoms with Crippen molar-refractivity contribution >= 4 is 5.65 Å². The maximum absolute atomic E-state index is 12.2. The molecule has 0 aliphatic heterocycles. The van der Waals surface area contributed by atoms with Crippen LogP contribution in [0.5, 0.6) is 0 Å². The van der Waals surface area contributed by atoms with Crippen molar-refractivity contribution in [1.29, 1.82) is 0 Å². The van der Waals surface area contributed by atoms with Gasteiger partial charge in [-0.3, -0.25) is 14.1 Å². The molecule has 1 aromatic carbocycles. The second-order valence-electron chi connectivity index (χ2n) is 5.87. The van der Waals surface area contributed by atoms with Gasteiger partial charge in [0, 0.05) is 31.5 Å². The molecule has 124 valence electrons. The Labute approximate surface area is 140 Å². The summed E-state index contributed by atoms with van der Waals surface area (Å²) in [6, 6.07) is 17.2. The fourth-order valence-corrected chi connectivity index (χ4v) is 2.99. The summed E-state index contributed by atoms with van der Waals surface area (Å²) in [6.07, 6.45) is 2.35. The number of aliphatic hydroxyl groups excluding tert-OH is 1. The largest absolute Gasteiger partial charge is 0.396 e. The van der Waals surface area contributed by atoms with Crippen LogP contribution in [-0.4, -0.2) is 33.0 Å². The zero-order valence-corrected chi connectivity index (χ0v) is 13.7. The molecule has 5 nitrogen and oxygen atoms in total. The van der Waals surface area contributed by atoms with Crippen LogP contribution in [0.15, 0.2) is 65.6 Å². The van der Waals surface area contributed by atoms with Gasteiger partial charge in [-0.2, -0.15) is 0 Å². The molecule has 1 unspecified atom stereocenters. The number of fused-ring (bicyclic) bond motifs is 1. The molecule has 1 atom stereocenters. The van der Waals surface area contributed by atoms with Crippen LogP contribution in [0, 0.1) is 0 Å². The lowest BCUT2D eigenvalue weighted by atomic mass is 10.0. The van der Waals surface area contributed by atoms with Gasteiger partial charge in [-0.15, -0.1) is 0 Å². The van der Waals surface area contributed by atoms with Crippen molar-refractivity contribution in [2.75, 3.05) is 13.7 Å². The van der Waals surface area contributed by atoms with Crippen LogP contribution in [0.3, 0.4) is 0 Å². The van der Waals surface area contributed by atoms with Crippen LogP contribution in [-0.2, 0) is 6.54 Å². The number of benzene rings is 1. The minimum atomic E-state index is -0.0811. The van der Waals surface area contributed by atoms with Crippen LogP contribution >= 0.6 is 0 Å². The van der Waals surface area contributed by atoms with Gasteiger partial charge in [0.1, 0.15) is 5.65 Å². The molecular formula is C19H21N3O2. The fourth-order valence-electron chi connectivity index (χ4n) is 2.99. The summed E-state index contributed by atoms with van der Waals surface area (Å²) in [4.78, 5) is 18.9. The number of rotatable bonds is 6. The van der Waals surface area contributed by atoms with E-state index in [1.54, 1.807) is 12.3 Å². The second-order valence-corrected chi connectivity index (χ2v) is 5.87. The van der Waals surface area contributed by atoms with Gasteiger partial charge in [-0.25, -0.2) is 4.98 Å². The molecule has 2 aromatic heterocycles. The van der Waals surface area contributed by atoms with E-state index in [9.17, 15) is 9.90 Å². The average Bonchev–Trinajstić information content (AvgIpc) is 2.60. The van der Waals surface area contributed by atoms with Crippen molar-refractivity contribution in [3.63, 3.8) is 0 Å². The van der Waals surface area contributed by atoms with E-state index in [0.717, 1.165) is 11.3 Å². The van der Waals surface area contributed by atoms with Gasteiger partial charge in [0.25, 0.3) is 5.56 Å². The molecular weight excluding hydrogens is 302 g/mol. The van der Waals surface area contributed by atoms with E-state index in [1.807, 2.05) is 43.4 Å². The maximum atomic E-state index is 12.2. The maximum Gasteiger partial charge on any atom is 0.258 e. The number of aromatic nitrogens is 2. The monoisotopic (exact) mass is 323 g/mol. The third-order valence-electron chi connectivity index (χ3n) is 4.15.